The van der Waals surface area contributed by atoms with Crippen LogP contribution in [0.25, 0.3) is 0 Å². The Kier molecular flexibility index (Phi) is 6.44. The molecule has 3 aromatic rings. The molecule has 6 heteroatoms. The normalized spacial score (nSPS) is 10.5. The second kappa shape index (κ2) is 9.19. The summed E-state index contributed by atoms with van der Waals surface area (Å²) in [6.07, 6.45) is 4.92. The van der Waals surface area contributed by atoms with E-state index in [2.05, 4.69) is 52.6 Å². The number of carbonyl (C=O) groups excluding carboxylic acids is 1. The Balaban J connectivity index is 1.71. The van der Waals surface area contributed by atoms with Crippen molar-refractivity contribution in [1.29, 1.82) is 0 Å². The van der Waals surface area contributed by atoms with Gasteiger partial charge >= 0.3 is 0 Å². The predicted molar refractivity (Wildman–Crippen MR) is 119 cm³/mol. The van der Waals surface area contributed by atoms with Crippen molar-refractivity contribution in [2.24, 2.45) is 0 Å². The van der Waals surface area contributed by atoms with Gasteiger partial charge in [0.2, 0.25) is 5.95 Å². The maximum atomic E-state index is 12.5. The summed E-state index contributed by atoms with van der Waals surface area (Å²) in [5.74, 6) is 0.241. The molecule has 0 saturated carbocycles. The van der Waals surface area contributed by atoms with Gasteiger partial charge in [0.25, 0.3) is 5.91 Å². The van der Waals surface area contributed by atoms with E-state index in [0.717, 1.165) is 29.9 Å². The first-order valence-corrected chi connectivity index (χ1v) is 9.80. The molecular formula is C23H27N5O. The van der Waals surface area contributed by atoms with E-state index in [-0.39, 0.29) is 5.91 Å². The van der Waals surface area contributed by atoms with Crippen LogP contribution in [0.2, 0.25) is 0 Å². The van der Waals surface area contributed by atoms with Crippen LogP contribution in [-0.2, 0) is 12.8 Å². The van der Waals surface area contributed by atoms with Gasteiger partial charge in [-0.15, -0.1) is 0 Å². The number of aromatic nitrogens is 2. The van der Waals surface area contributed by atoms with E-state index in [9.17, 15) is 4.79 Å². The van der Waals surface area contributed by atoms with Crippen molar-refractivity contribution in [3.63, 3.8) is 0 Å². The Hall–Kier alpha value is -3.41. The van der Waals surface area contributed by atoms with Gasteiger partial charge in [-0.1, -0.05) is 32.0 Å². The number of hydrogen-bond donors (Lipinski definition) is 2. The molecule has 0 atom stereocenters. The van der Waals surface area contributed by atoms with Gasteiger partial charge in [0.15, 0.2) is 0 Å². The van der Waals surface area contributed by atoms with Gasteiger partial charge in [-0.2, -0.15) is 0 Å². The Bertz CT molecular complexity index is 943. The van der Waals surface area contributed by atoms with Crippen molar-refractivity contribution in [2.45, 2.75) is 26.7 Å². The van der Waals surface area contributed by atoms with Gasteiger partial charge in [0.1, 0.15) is 0 Å². The van der Waals surface area contributed by atoms with Crippen LogP contribution < -0.4 is 15.5 Å². The molecular weight excluding hydrogens is 362 g/mol. The molecule has 29 heavy (non-hydrogen) atoms. The Morgan fingerprint density at radius 2 is 1.52 bits per heavy atom. The second-order valence-corrected chi connectivity index (χ2v) is 6.97. The largest absolute Gasteiger partial charge is 0.378 e. The number of benzene rings is 2. The lowest BCUT2D eigenvalue weighted by Crippen LogP contribution is -2.14. The highest BCUT2D eigenvalue weighted by atomic mass is 16.1. The van der Waals surface area contributed by atoms with Crippen molar-refractivity contribution >= 4 is 28.9 Å². The number of hydrogen-bond acceptors (Lipinski definition) is 5. The van der Waals surface area contributed by atoms with E-state index in [4.69, 9.17) is 0 Å². The number of nitrogens with zero attached hydrogens (tertiary/aromatic N) is 3. The van der Waals surface area contributed by atoms with Crippen LogP contribution >= 0.6 is 0 Å². The van der Waals surface area contributed by atoms with Crippen molar-refractivity contribution in [3.05, 3.63) is 71.5 Å². The maximum absolute atomic E-state index is 12.5. The summed E-state index contributed by atoms with van der Waals surface area (Å²) < 4.78 is 0. The molecule has 1 heterocycles. The fraction of sp³-hybridized carbons (Fsp3) is 0.261. The summed E-state index contributed by atoms with van der Waals surface area (Å²) in [5, 5.41) is 6.19. The summed E-state index contributed by atoms with van der Waals surface area (Å²) in [5.41, 5.74) is 5.70. The van der Waals surface area contributed by atoms with Gasteiger partial charge in [0, 0.05) is 43.6 Å². The number of carbonyl (C=O) groups is 1. The fourth-order valence-electron chi connectivity index (χ4n) is 3.07. The average Bonchev–Trinajstić information content (AvgIpc) is 2.74. The van der Waals surface area contributed by atoms with Gasteiger partial charge < -0.3 is 15.5 Å². The molecule has 2 N–H and O–H groups in total. The Labute approximate surface area is 172 Å². The zero-order valence-corrected chi connectivity index (χ0v) is 17.4. The SMILES string of the molecule is CCc1cccc(CC)c1Nc1ncc(C(=O)Nc2ccc(N(C)C)cc2)cn1. The van der Waals surface area contributed by atoms with Gasteiger partial charge in [0.05, 0.1) is 5.56 Å². The molecule has 1 amide bonds. The predicted octanol–water partition coefficient (Wildman–Crippen LogP) is 4.66. The maximum Gasteiger partial charge on any atom is 0.258 e. The summed E-state index contributed by atoms with van der Waals surface area (Å²) in [6, 6.07) is 13.9. The smallest absolute Gasteiger partial charge is 0.258 e. The molecule has 0 saturated heterocycles. The van der Waals surface area contributed by atoms with Crippen LogP contribution in [0.4, 0.5) is 23.0 Å². The lowest BCUT2D eigenvalue weighted by atomic mass is 10.0. The number of nitrogens with one attached hydrogen (secondary N) is 2. The third-order valence-electron chi connectivity index (χ3n) is 4.79. The summed E-state index contributed by atoms with van der Waals surface area (Å²) in [4.78, 5) is 23.2. The van der Waals surface area contributed by atoms with Crippen LogP contribution in [0.5, 0.6) is 0 Å². The third kappa shape index (κ3) is 4.90. The zero-order chi connectivity index (χ0) is 20.8. The highest BCUT2D eigenvalue weighted by Gasteiger charge is 2.11. The van der Waals surface area contributed by atoms with Gasteiger partial charge in [-0.3, -0.25) is 4.79 Å². The highest BCUT2D eigenvalue weighted by molar-refractivity contribution is 6.04. The minimum Gasteiger partial charge on any atom is -0.378 e. The molecule has 0 aliphatic heterocycles. The van der Waals surface area contributed by atoms with Crippen molar-refractivity contribution in [2.75, 3.05) is 29.6 Å². The fourth-order valence-corrected chi connectivity index (χ4v) is 3.07. The molecule has 0 unspecified atom stereocenters. The summed E-state index contributed by atoms with van der Waals surface area (Å²) >= 11 is 0. The number of aryl methyl sites for hydroxylation is 2. The van der Waals surface area contributed by atoms with E-state index in [1.165, 1.54) is 11.1 Å². The number of para-hydroxylation sites is 1. The number of amides is 1. The van der Waals surface area contributed by atoms with E-state index in [1.54, 1.807) is 12.4 Å². The van der Waals surface area contributed by atoms with Crippen LogP contribution in [0.15, 0.2) is 54.9 Å². The van der Waals surface area contributed by atoms with Crippen LogP contribution in [-0.4, -0.2) is 30.0 Å². The van der Waals surface area contributed by atoms with Gasteiger partial charge in [-0.25, -0.2) is 9.97 Å². The molecule has 1 aromatic heterocycles. The monoisotopic (exact) mass is 389 g/mol. The molecule has 150 valence electrons. The minimum absolute atomic E-state index is 0.239. The number of rotatable bonds is 7. The molecule has 0 spiro atoms. The van der Waals surface area contributed by atoms with Crippen LogP contribution in [0.3, 0.4) is 0 Å². The first-order valence-electron chi connectivity index (χ1n) is 9.80. The first kappa shape index (κ1) is 20.3. The van der Waals surface area contributed by atoms with Crippen LogP contribution in [0.1, 0.15) is 35.3 Å². The lowest BCUT2D eigenvalue weighted by Gasteiger charge is -2.14. The van der Waals surface area contributed by atoms with E-state index < -0.39 is 0 Å². The zero-order valence-electron chi connectivity index (χ0n) is 17.4. The van der Waals surface area contributed by atoms with Crippen molar-refractivity contribution < 1.29 is 4.79 Å². The van der Waals surface area contributed by atoms with Gasteiger partial charge in [-0.05, 0) is 48.2 Å². The van der Waals surface area contributed by atoms with Crippen LogP contribution in [0, 0.1) is 0 Å². The second-order valence-electron chi connectivity index (χ2n) is 6.97. The molecule has 2 aromatic carbocycles. The molecule has 3 rings (SSSR count). The molecule has 0 aliphatic carbocycles. The van der Waals surface area contributed by atoms with Crippen molar-refractivity contribution in [1.82, 2.24) is 9.97 Å². The lowest BCUT2D eigenvalue weighted by molar-refractivity contribution is 0.102. The molecule has 0 aliphatic rings. The topological polar surface area (TPSA) is 70.2 Å². The quantitative estimate of drug-likeness (QED) is 0.615. The van der Waals surface area contributed by atoms with Crippen molar-refractivity contribution in [3.8, 4) is 0 Å². The minimum atomic E-state index is -0.239. The Morgan fingerprint density at radius 3 is 2.03 bits per heavy atom. The molecule has 0 radical (unpaired) electrons. The summed E-state index contributed by atoms with van der Waals surface area (Å²) in [7, 11) is 3.95. The molecule has 6 nitrogen and oxygen atoms in total. The third-order valence-corrected chi connectivity index (χ3v) is 4.79. The van der Waals surface area contributed by atoms with E-state index in [0.29, 0.717) is 11.5 Å². The summed E-state index contributed by atoms with van der Waals surface area (Å²) in [6.45, 7) is 4.25. The average molecular weight is 390 g/mol. The standard InChI is InChI=1S/C23H27N5O/c1-5-16-8-7-9-17(6-2)21(16)27-23-24-14-18(15-25-23)22(29)26-19-10-12-20(13-11-19)28(3)4/h7-15H,5-6H2,1-4H3,(H,26,29)(H,24,25,27). The van der Waals surface area contributed by atoms with E-state index in [1.807, 2.05) is 43.3 Å². The molecule has 0 bridgehead atoms. The molecule has 0 fully saturated rings. The highest BCUT2D eigenvalue weighted by Crippen LogP contribution is 2.25. The number of anilines is 4. The Morgan fingerprint density at radius 1 is 0.931 bits per heavy atom. The van der Waals surface area contributed by atoms with E-state index >= 15 is 0 Å². The first-order chi connectivity index (χ1) is 14.0.